The smallest absolute Gasteiger partial charge is 0.271 e. The van der Waals surface area contributed by atoms with Gasteiger partial charge in [0.15, 0.2) is 11.6 Å². The molecule has 0 radical (unpaired) electrons. The Balaban J connectivity index is 2.13. The highest BCUT2D eigenvalue weighted by atomic mass is 35.5. The van der Waals surface area contributed by atoms with Crippen molar-refractivity contribution < 1.29 is 4.79 Å². The van der Waals surface area contributed by atoms with E-state index >= 15 is 0 Å². The minimum absolute atomic E-state index is 0.247. The third kappa shape index (κ3) is 3.49. The zero-order chi connectivity index (χ0) is 16.3. The van der Waals surface area contributed by atoms with Crippen LogP contribution in [0, 0.1) is 0 Å². The van der Waals surface area contributed by atoms with Gasteiger partial charge in [0.1, 0.15) is 12.0 Å². The molecule has 116 valence electrons. The number of hydrazine groups is 1. The third-order valence-corrected chi connectivity index (χ3v) is 3.30. The average molecular weight is 341 g/mol. The summed E-state index contributed by atoms with van der Waals surface area (Å²) in [6, 6.07) is 4.59. The number of carbonyl (C=O) groups is 1. The summed E-state index contributed by atoms with van der Waals surface area (Å²) >= 11 is 11.8. The molecule has 0 aliphatic rings. The molecule has 1 amide bonds. The second-order valence-corrected chi connectivity index (χ2v) is 5.40. The molecule has 2 aromatic rings. The Kier molecular flexibility index (Phi) is 4.89. The number of carbonyl (C=O) groups excluding carboxylic acids is 1. The normalized spacial score (nSPS) is 10.2. The lowest BCUT2D eigenvalue weighted by Crippen LogP contribution is -2.31. The van der Waals surface area contributed by atoms with Crippen molar-refractivity contribution in [2.24, 2.45) is 0 Å². The Labute approximate surface area is 137 Å². The van der Waals surface area contributed by atoms with E-state index in [-0.39, 0.29) is 16.4 Å². The number of benzene rings is 1. The van der Waals surface area contributed by atoms with Crippen LogP contribution < -0.4 is 21.5 Å². The van der Waals surface area contributed by atoms with E-state index in [0.717, 1.165) is 0 Å². The number of nitrogens with two attached hydrogens (primary N) is 1. The number of nitrogen functional groups attached to an aromatic ring is 1. The van der Waals surface area contributed by atoms with Crippen LogP contribution in [0.1, 0.15) is 10.4 Å². The molecule has 22 heavy (non-hydrogen) atoms. The summed E-state index contributed by atoms with van der Waals surface area (Å²) in [6.45, 7) is 0. The van der Waals surface area contributed by atoms with Crippen LogP contribution in [-0.2, 0) is 0 Å². The van der Waals surface area contributed by atoms with Gasteiger partial charge in [-0.15, -0.1) is 0 Å². The second-order valence-electron chi connectivity index (χ2n) is 4.56. The van der Waals surface area contributed by atoms with Crippen molar-refractivity contribution in [3.05, 3.63) is 40.1 Å². The molecule has 0 saturated heterocycles. The molecule has 0 aliphatic heterocycles. The van der Waals surface area contributed by atoms with Gasteiger partial charge < -0.3 is 10.6 Å². The van der Waals surface area contributed by atoms with Gasteiger partial charge in [-0.1, -0.05) is 23.2 Å². The number of nitrogens with zero attached hydrogens (tertiary/aromatic N) is 3. The van der Waals surface area contributed by atoms with Gasteiger partial charge in [0.2, 0.25) is 0 Å². The second kappa shape index (κ2) is 6.67. The maximum atomic E-state index is 12.1. The zero-order valence-corrected chi connectivity index (χ0v) is 13.4. The molecular weight excluding hydrogens is 327 g/mol. The van der Waals surface area contributed by atoms with Crippen molar-refractivity contribution in [2.75, 3.05) is 30.2 Å². The van der Waals surface area contributed by atoms with Crippen LogP contribution in [0.5, 0.6) is 0 Å². The number of anilines is 3. The first-order valence-corrected chi connectivity index (χ1v) is 6.95. The molecule has 7 nitrogen and oxygen atoms in total. The Morgan fingerprint density at radius 1 is 1.27 bits per heavy atom. The van der Waals surface area contributed by atoms with Crippen LogP contribution in [0.15, 0.2) is 24.5 Å². The Morgan fingerprint density at radius 3 is 2.64 bits per heavy atom. The lowest BCUT2D eigenvalue weighted by atomic mass is 10.2. The highest BCUT2D eigenvalue weighted by Crippen LogP contribution is 2.24. The van der Waals surface area contributed by atoms with Gasteiger partial charge in [0.05, 0.1) is 10.6 Å². The van der Waals surface area contributed by atoms with E-state index in [1.165, 1.54) is 18.5 Å². The first-order valence-electron chi connectivity index (χ1n) is 6.19. The number of rotatable bonds is 4. The molecule has 0 atom stereocenters. The van der Waals surface area contributed by atoms with Gasteiger partial charge >= 0.3 is 0 Å². The summed E-state index contributed by atoms with van der Waals surface area (Å²) in [4.78, 5) is 21.9. The van der Waals surface area contributed by atoms with Gasteiger partial charge in [0.25, 0.3) is 5.91 Å². The molecule has 1 heterocycles. The van der Waals surface area contributed by atoms with E-state index in [1.807, 2.05) is 0 Å². The van der Waals surface area contributed by atoms with Crippen molar-refractivity contribution in [2.45, 2.75) is 0 Å². The molecule has 0 spiro atoms. The summed E-state index contributed by atoms with van der Waals surface area (Å²) in [7, 11) is 3.60. The lowest BCUT2D eigenvalue weighted by molar-refractivity contribution is 0.0962. The van der Waals surface area contributed by atoms with Gasteiger partial charge in [0, 0.05) is 19.1 Å². The molecule has 1 aromatic heterocycles. The fourth-order valence-electron chi connectivity index (χ4n) is 1.70. The third-order valence-electron chi connectivity index (χ3n) is 2.76. The maximum Gasteiger partial charge on any atom is 0.271 e. The van der Waals surface area contributed by atoms with Gasteiger partial charge in [-0.05, 0) is 18.2 Å². The molecule has 2 rings (SSSR count). The topological polar surface area (TPSA) is 96.2 Å². The van der Waals surface area contributed by atoms with E-state index < -0.39 is 5.91 Å². The first kappa shape index (κ1) is 16.1. The molecule has 9 heteroatoms. The molecule has 0 unspecified atom stereocenters. The largest absolute Gasteiger partial charge is 0.393 e. The van der Waals surface area contributed by atoms with Crippen LogP contribution in [-0.4, -0.2) is 30.0 Å². The number of hydrogen-bond donors (Lipinski definition) is 3. The Morgan fingerprint density at radius 2 is 2.00 bits per heavy atom. The van der Waals surface area contributed by atoms with Crippen LogP contribution >= 0.6 is 23.2 Å². The van der Waals surface area contributed by atoms with E-state index in [9.17, 15) is 4.79 Å². The predicted octanol–water partition coefficient (Wildman–Crippen LogP) is 2.19. The SMILES string of the molecule is CN(C)c1ncnc(NNC(=O)c2ccc(Cl)cc2Cl)c1N. The van der Waals surface area contributed by atoms with E-state index in [4.69, 9.17) is 28.9 Å². The summed E-state index contributed by atoms with van der Waals surface area (Å²) in [6.07, 6.45) is 1.34. The maximum absolute atomic E-state index is 12.1. The number of hydrogen-bond acceptors (Lipinski definition) is 6. The number of amides is 1. The molecule has 0 saturated carbocycles. The highest BCUT2D eigenvalue weighted by Gasteiger charge is 2.13. The minimum Gasteiger partial charge on any atom is -0.393 e. The van der Waals surface area contributed by atoms with Gasteiger partial charge in [-0.3, -0.25) is 15.6 Å². The molecule has 1 aromatic carbocycles. The van der Waals surface area contributed by atoms with E-state index in [1.54, 1.807) is 25.1 Å². The first-order chi connectivity index (χ1) is 10.4. The summed E-state index contributed by atoms with van der Waals surface area (Å²) in [5.74, 6) is 0.388. The zero-order valence-electron chi connectivity index (χ0n) is 11.9. The predicted molar refractivity (Wildman–Crippen MR) is 88.3 cm³/mol. The fourth-order valence-corrected chi connectivity index (χ4v) is 2.19. The quantitative estimate of drug-likeness (QED) is 0.738. The number of aromatic nitrogens is 2. The van der Waals surface area contributed by atoms with E-state index in [0.29, 0.717) is 16.5 Å². The van der Waals surface area contributed by atoms with E-state index in [2.05, 4.69) is 20.8 Å². The minimum atomic E-state index is -0.439. The molecule has 0 fully saturated rings. The molecule has 4 N–H and O–H groups in total. The summed E-state index contributed by atoms with van der Waals surface area (Å²) < 4.78 is 0. The van der Waals surface area contributed by atoms with Crippen LogP contribution in [0.4, 0.5) is 17.3 Å². The molecule has 0 bridgehead atoms. The van der Waals surface area contributed by atoms with Crippen molar-refractivity contribution >= 4 is 46.4 Å². The van der Waals surface area contributed by atoms with Crippen LogP contribution in [0.3, 0.4) is 0 Å². The summed E-state index contributed by atoms with van der Waals surface area (Å²) in [5.41, 5.74) is 11.7. The van der Waals surface area contributed by atoms with Crippen molar-refractivity contribution in [3.63, 3.8) is 0 Å². The summed E-state index contributed by atoms with van der Waals surface area (Å²) in [5, 5.41) is 0.696. The Bertz CT molecular complexity index is 707. The molecule has 0 aliphatic carbocycles. The van der Waals surface area contributed by atoms with Crippen molar-refractivity contribution in [3.8, 4) is 0 Å². The fraction of sp³-hybridized carbons (Fsp3) is 0.154. The number of halogens is 2. The highest BCUT2D eigenvalue weighted by molar-refractivity contribution is 6.36. The molecular formula is C13H14Cl2N6O. The van der Waals surface area contributed by atoms with Gasteiger partial charge in [-0.2, -0.15) is 0 Å². The van der Waals surface area contributed by atoms with Crippen molar-refractivity contribution in [1.29, 1.82) is 0 Å². The number of nitrogens with one attached hydrogen (secondary N) is 2. The average Bonchev–Trinajstić information content (AvgIpc) is 2.45. The van der Waals surface area contributed by atoms with Gasteiger partial charge in [-0.25, -0.2) is 9.97 Å². The van der Waals surface area contributed by atoms with Crippen molar-refractivity contribution in [1.82, 2.24) is 15.4 Å². The Hall–Kier alpha value is -2.25. The monoisotopic (exact) mass is 340 g/mol. The lowest BCUT2D eigenvalue weighted by Gasteiger charge is -2.16. The standard InChI is InChI=1S/C13H14Cl2N6O/c1-21(2)12-10(16)11(17-6-18-12)19-20-13(22)8-4-3-7(14)5-9(8)15/h3-6H,16H2,1-2H3,(H,20,22)(H,17,18,19). The van der Waals surface area contributed by atoms with Crippen LogP contribution in [0.25, 0.3) is 0 Å². The van der Waals surface area contributed by atoms with Crippen LogP contribution in [0.2, 0.25) is 10.0 Å².